The summed E-state index contributed by atoms with van der Waals surface area (Å²) in [5, 5.41) is 23.8. The summed E-state index contributed by atoms with van der Waals surface area (Å²) in [4.78, 5) is 27.8. The van der Waals surface area contributed by atoms with Crippen LogP contribution in [0.25, 0.3) is 6.08 Å². The number of carbonyl (C=O) groups excluding carboxylic acids is 2. The standard InChI is InChI=1S/C23H29NO5.C22H25NO4.C13H19NO2.2H3P/c1-6-27-18-10-7-16(8-11-18)14-28-22(26)24(5)17-9-12-20-19(13-17)15(2)21(25)23(3,4)29-20;1-5-25-19-9-6-16(7-10-19)15-26-21(24)23(4)18-8-11-20-17(14-18)12-13-22(2,3)27-20;1-8-10-7-9(14-4)5-6-11(10)16-13(2,3)12(8)15;;/h7-13,15,21,25H,6,14H2,1-5H3;6-14H,5,15H2,1-4H3;5-8,12,14-15H,1-4H3;2*1H3/t15-,21+;;8-,12+;;/m1.1../s1. The van der Waals surface area contributed by atoms with Crippen LogP contribution < -0.4 is 38.8 Å². The Morgan fingerprint density at radius 1 is 0.595 bits per heavy atom. The highest BCUT2D eigenvalue weighted by atomic mass is 31.0. The lowest BCUT2D eigenvalue weighted by Gasteiger charge is -2.41. The smallest absolute Gasteiger partial charge is 0.414 e. The lowest BCUT2D eigenvalue weighted by molar-refractivity contribution is -0.0549. The van der Waals surface area contributed by atoms with Crippen molar-refractivity contribution in [1.29, 1.82) is 0 Å². The lowest BCUT2D eigenvalue weighted by Crippen LogP contribution is -2.48. The third kappa shape index (κ3) is 15.1. The van der Waals surface area contributed by atoms with Gasteiger partial charge in [0, 0.05) is 66.7 Å². The summed E-state index contributed by atoms with van der Waals surface area (Å²) in [5.74, 6) is 3.98. The summed E-state index contributed by atoms with van der Waals surface area (Å²) in [6, 6.07) is 32.1. The average Bonchev–Trinajstić information content (AvgIpc) is 3.36. The molecule has 0 radical (unpaired) electrons. The molecule has 8 rings (SSSR count). The molecule has 0 saturated heterocycles. The SMILES string of the molecule is CCOc1ccc(COC(=O)N(C)c2ccc3c(c2)C=CC(C)(C)O3)cc1.CCOc1ccc(COC(=O)N(C)c2ccc3c(c2)[C@@H](C)[C@H](O)C(C)(C)O3)cc1.CNc1ccc2c(c1)[C@@H](C)[C@H](O)C(C)(C)O2.P.P. The fraction of sp³-hybridized carbons (Fsp3) is 0.414. The molecule has 0 bridgehead atoms. The Bertz CT molecular complexity index is 2680. The van der Waals surface area contributed by atoms with Crippen LogP contribution in [0.4, 0.5) is 26.7 Å². The first-order valence-corrected chi connectivity index (χ1v) is 24.5. The molecule has 6 atom stereocenters. The third-order valence-corrected chi connectivity index (χ3v) is 12.9. The predicted molar refractivity (Wildman–Crippen MR) is 305 cm³/mol. The van der Waals surface area contributed by atoms with Crippen LogP contribution in [0.5, 0.6) is 28.7 Å². The third-order valence-electron chi connectivity index (χ3n) is 12.9. The second-order valence-electron chi connectivity index (χ2n) is 19.7. The van der Waals surface area contributed by atoms with Crippen LogP contribution in [-0.4, -0.2) is 85.8 Å². The van der Waals surface area contributed by atoms with Gasteiger partial charge in [0.15, 0.2) is 0 Å². The van der Waals surface area contributed by atoms with E-state index in [1.54, 1.807) is 14.1 Å². The fourth-order valence-electron chi connectivity index (χ4n) is 8.55. The summed E-state index contributed by atoms with van der Waals surface area (Å²) in [6.45, 7) is 21.1. The highest BCUT2D eigenvalue weighted by Crippen LogP contribution is 2.44. The molecule has 2 unspecified atom stereocenters. The van der Waals surface area contributed by atoms with E-state index in [0.29, 0.717) is 18.9 Å². The molecule has 0 spiro atoms. The number of benzene rings is 5. The van der Waals surface area contributed by atoms with Gasteiger partial charge in [0.05, 0.1) is 25.4 Å². The number of hydrogen-bond donors (Lipinski definition) is 3. The Morgan fingerprint density at radius 2 is 1.01 bits per heavy atom. The van der Waals surface area contributed by atoms with Crippen LogP contribution in [0, 0.1) is 0 Å². The number of carbonyl (C=O) groups is 2. The minimum absolute atomic E-state index is 0. The number of fused-ring (bicyclic) bond motifs is 3. The van der Waals surface area contributed by atoms with Crippen LogP contribution in [0.1, 0.15) is 109 Å². The predicted octanol–water partition coefficient (Wildman–Crippen LogP) is 12.0. The van der Waals surface area contributed by atoms with Gasteiger partial charge < -0.3 is 48.7 Å². The summed E-state index contributed by atoms with van der Waals surface area (Å²) in [5.41, 5.74) is 5.65. The summed E-state index contributed by atoms with van der Waals surface area (Å²) < 4.78 is 39.3. The maximum Gasteiger partial charge on any atom is 0.414 e. The number of hydrogen-bond acceptors (Lipinski definition) is 12. The first-order chi connectivity index (χ1) is 34.1. The molecule has 0 fully saturated rings. The van der Waals surface area contributed by atoms with Gasteiger partial charge in [0.1, 0.15) is 58.8 Å². The van der Waals surface area contributed by atoms with Crippen molar-refractivity contribution in [2.45, 2.75) is 123 Å². The van der Waals surface area contributed by atoms with Crippen molar-refractivity contribution in [3.05, 3.63) is 137 Å². The molecule has 5 aromatic rings. The molecule has 0 saturated carbocycles. The molecule has 3 N–H and O–H groups in total. The zero-order chi connectivity index (χ0) is 52.5. The number of ether oxygens (including phenoxy) is 7. The van der Waals surface area contributed by atoms with Crippen molar-refractivity contribution < 1.29 is 53.0 Å². The summed E-state index contributed by atoms with van der Waals surface area (Å²) in [6.07, 6.45) is 2.04. The van der Waals surface area contributed by atoms with E-state index in [1.807, 2.05) is 192 Å². The van der Waals surface area contributed by atoms with Gasteiger partial charge in [-0.3, -0.25) is 9.80 Å². The Morgan fingerprint density at radius 3 is 1.46 bits per heavy atom. The topological polar surface area (TPSA) is 158 Å². The number of aliphatic hydroxyl groups excluding tert-OH is 2. The zero-order valence-electron chi connectivity index (χ0n) is 45.5. The van der Waals surface area contributed by atoms with Gasteiger partial charge in [-0.15, -0.1) is 0 Å². The number of nitrogens with zero attached hydrogens (tertiary/aromatic N) is 2. The number of amides is 2. The van der Waals surface area contributed by atoms with Gasteiger partial charge in [-0.1, -0.05) is 44.2 Å². The van der Waals surface area contributed by atoms with Crippen LogP contribution in [-0.2, 0) is 22.7 Å². The number of anilines is 3. The quantitative estimate of drug-likeness (QED) is 0.108. The average molecular weight is 1060 g/mol. The van der Waals surface area contributed by atoms with E-state index in [0.717, 1.165) is 67.9 Å². The Hall–Kier alpha value is -6.04. The van der Waals surface area contributed by atoms with E-state index in [1.165, 1.54) is 9.80 Å². The maximum absolute atomic E-state index is 12.5. The van der Waals surface area contributed by atoms with Crippen molar-refractivity contribution in [1.82, 2.24) is 0 Å². The molecular weight excluding hydrogens is 977 g/mol. The van der Waals surface area contributed by atoms with E-state index >= 15 is 0 Å². The zero-order valence-corrected chi connectivity index (χ0v) is 48.3. The molecule has 2 amide bonds. The fourth-order valence-corrected chi connectivity index (χ4v) is 8.55. The molecule has 16 heteroatoms. The van der Waals surface area contributed by atoms with Gasteiger partial charge in [-0.25, -0.2) is 9.59 Å². The van der Waals surface area contributed by atoms with Gasteiger partial charge in [0.2, 0.25) is 0 Å². The highest BCUT2D eigenvalue weighted by Gasteiger charge is 2.42. The Kier molecular flexibility index (Phi) is 21.2. The van der Waals surface area contributed by atoms with Crippen molar-refractivity contribution in [2.75, 3.05) is 49.5 Å². The van der Waals surface area contributed by atoms with Gasteiger partial charge in [-0.05, 0) is 151 Å². The van der Waals surface area contributed by atoms with E-state index in [-0.39, 0.29) is 50.4 Å². The maximum atomic E-state index is 12.5. The van der Waals surface area contributed by atoms with E-state index in [4.69, 9.17) is 33.2 Å². The number of rotatable bonds is 11. The molecule has 74 heavy (non-hydrogen) atoms. The summed E-state index contributed by atoms with van der Waals surface area (Å²) in [7, 11) is 5.24. The second-order valence-corrected chi connectivity index (χ2v) is 19.7. The molecule has 0 aliphatic carbocycles. The monoisotopic (exact) mass is 1060 g/mol. The first kappa shape index (κ1) is 60.5. The Balaban J connectivity index is 0.000000246. The minimum atomic E-state index is -0.656. The molecule has 5 aromatic carbocycles. The van der Waals surface area contributed by atoms with E-state index in [9.17, 15) is 19.8 Å². The van der Waals surface area contributed by atoms with Crippen molar-refractivity contribution >= 4 is 55.1 Å². The van der Waals surface area contributed by atoms with Crippen molar-refractivity contribution in [3.63, 3.8) is 0 Å². The van der Waals surface area contributed by atoms with Crippen LogP contribution in [0.3, 0.4) is 0 Å². The summed E-state index contributed by atoms with van der Waals surface area (Å²) >= 11 is 0. The van der Waals surface area contributed by atoms with Crippen molar-refractivity contribution in [2.24, 2.45) is 0 Å². The van der Waals surface area contributed by atoms with Gasteiger partial charge in [0.25, 0.3) is 0 Å². The van der Waals surface area contributed by atoms with Gasteiger partial charge >= 0.3 is 12.2 Å². The van der Waals surface area contributed by atoms with Crippen molar-refractivity contribution in [3.8, 4) is 28.7 Å². The lowest BCUT2D eigenvalue weighted by atomic mass is 9.82. The molecule has 0 aromatic heterocycles. The highest BCUT2D eigenvalue weighted by molar-refractivity contribution is 6.92. The molecule has 3 heterocycles. The first-order valence-electron chi connectivity index (χ1n) is 24.5. The second kappa shape index (κ2) is 25.9. The normalized spacial score (nSPS) is 18.6. The number of nitrogens with one attached hydrogen (secondary N) is 1. The molecule has 402 valence electrons. The van der Waals surface area contributed by atoms with Crippen LogP contribution >= 0.6 is 19.8 Å². The molecule has 14 nitrogen and oxygen atoms in total. The molecular formula is C58H79N3O11P2. The Labute approximate surface area is 444 Å². The van der Waals surface area contributed by atoms with E-state index in [2.05, 4.69) is 5.32 Å². The van der Waals surface area contributed by atoms with Crippen LogP contribution in [0.2, 0.25) is 0 Å². The largest absolute Gasteiger partial charge is 0.494 e. The van der Waals surface area contributed by atoms with Gasteiger partial charge in [-0.2, -0.15) is 19.8 Å². The molecule has 3 aliphatic heterocycles. The van der Waals surface area contributed by atoms with Crippen LogP contribution in [0.15, 0.2) is 109 Å². The molecule has 3 aliphatic rings. The van der Waals surface area contributed by atoms with E-state index < -0.39 is 35.6 Å². The minimum Gasteiger partial charge on any atom is -0.494 e. The number of aliphatic hydroxyl groups is 2.